The maximum absolute atomic E-state index is 14.1. The van der Waals surface area contributed by atoms with Crippen LogP contribution >= 0.6 is 11.3 Å². The average molecular weight is 990 g/mol. The predicted octanol–water partition coefficient (Wildman–Crippen LogP) is 6.51. The van der Waals surface area contributed by atoms with Gasteiger partial charge in [-0.2, -0.15) is 0 Å². The number of aryl methyl sites for hydroxylation is 1. The number of imide groups is 2. The van der Waals surface area contributed by atoms with Crippen LogP contribution in [0.3, 0.4) is 0 Å². The molecule has 0 spiro atoms. The normalized spacial score (nSPS) is 16.1. The van der Waals surface area contributed by atoms with Gasteiger partial charge in [0.2, 0.25) is 17.7 Å². The molecule has 366 valence electrons. The number of anilines is 1. The molecule has 1 fully saturated rings. The number of nitrogens with zero attached hydrogens (tertiary/aromatic N) is 3. The number of carbonyl (C=O) groups is 6. The van der Waals surface area contributed by atoms with E-state index in [2.05, 4.69) is 46.8 Å². The molecule has 2 atom stereocenters. The third-order valence-electron chi connectivity index (χ3n) is 12.7. The molecular weight excluding hydrogens is 935 g/mol. The lowest BCUT2D eigenvalue weighted by Crippen LogP contribution is -2.52. The summed E-state index contributed by atoms with van der Waals surface area (Å²) in [7, 11) is -0.140. The zero-order valence-corrected chi connectivity index (χ0v) is 41.1. The van der Waals surface area contributed by atoms with E-state index < -0.39 is 45.4 Å². The zero-order valence-electron chi connectivity index (χ0n) is 39.4. The summed E-state index contributed by atoms with van der Waals surface area (Å²) in [5.74, 6) is -1.66. The number of ether oxygens (including phenoxy) is 3. The van der Waals surface area contributed by atoms with E-state index in [0.717, 1.165) is 52.2 Å². The summed E-state index contributed by atoms with van der Waals surface area (Å²) in [5.41, 5.74) is 5.52. The minimum atomic E-state index is -3.69. The van der Waals surface area contributed by atoms with Gasteiger partial charge in [0.1, 0.15) is 28.2 Å². The largest absolute Gasteiger partial charge is 0.493 e. The molecule has 4 heterocycles. The maximum Gasteiger partial charge on any atom is 0.264 e. The fourth-order valence-corrected chi connectivity index (χ4v) is 10.9. The molecule has 0 saturated carbocycles. The van der Waals surface area contributed by atoms with E-state index in [-0.39, 0.29) is 47.4 Å². The van der Waals surface area contributed by atoms with E-state index in [1.807, 2.05) is 29.6 Å². The summed E-state index contributed by atoms with van der Waals surface area (Å²) in [6, 6.07) is 23.9. The van der Waals surface area contributed by atoms with Crippen molar-refractivity contribution in [1.82, 2.24) is 20.0 Å². The molecule has 5 aromatic rings. The minimum Gasteiger partial charge on any atom is -0.493 e. The van der Waals surface area contributed by atoms with Gasteiger partial charge in [-0.05, 0) is 98.3 Å². The number of benzene rings is 4. The number of carbonyl (C=O) groups excluding carboxylic acids is 6. The van der Waals surface area contributed by atoms with E-state index in [1.54, 1.807) is 42.2 Å². The summed E-state index contributed by atoms with van der Waals surface area (Å²) in [6.45, 7) is 4.30. The minimum absolute atomic E-state index is 0.0146. The number of sulfone groups is 1. The van der Waals surface area contributed by atoms with Gasteiger partial charge >= 0.3 is 0 Å². The Morgan fingerprint density at radius 3 is 2.31 bits per heavy atom. The van der Waals surface area contributed by atoms with Crippen LogP contribution in [0.2, 0.25) is 0 Å². The fraction of sp³-hybridized carbons (Fsp3) is 0.346. The predicted molar refractivity (Wildman–Crippen MR) is 263 cm³/mol. The quantitative estimate of drug-likeness (QED) is 0.0757. The fourth-order valence-electron chi connectivity index (χ4n) is 9.08. The number of amides is 6. The first-order valence-corrected chi connectivity index (χ1v) is 26.1. The van der Waals surface area contributed by atoms with E-state index in [1.165, 1.54) is 30.1 Å². The van der Waals surface area contributed by atoms with Crippen LogP contribution in [0, 0.1) is 0 Å². The first kappa shape index (κ1) is 49.5. The topological polar surface area (TPSA) is 198 Å². The summed E-state index contributed by atoms with van der Waals surface area (Å²) in [6.07, 6.45) is 3.80. The number of nitrogens with one attached hydrogen (secondary N) is 2. The van der Waals surface area contributed by atoms with Gasteiger partial charge < -0.3 is 29.3 Å². The summed E-state index contributed by atoms with van der Waals surface area (Å²) >= 11 is 1.47. The van der Waals surface area contributed by atoms with Gasteiger partial charge in [-0.15, -0.1) is 11.3 Å². The first-order valence-electron chi connectivity index (χ1n) is 23.1. The lowest BCUT2D eigenvalue weighted by molar-refractivity contribution is -0.137. The standard InChI is InChI=1S/C52H55N5O11S2/c1-5-67-44-26-35(18-22-43(44)66-3)42(31-70(4,64)65)57-51(62)37-9-7-10-40(48(37)52(57)63)53-46(58)11-6-8-32-12-14-33(15-13-32)24-25-55(2)27-34-16-19-36(20-17-34)68-29-45-38-28-56(50(61)39(38)30-69-45)41-21-23-47(59)54-49(41)60/h7,9-10,12-20,22,26,30,41-42H,5-6,8,11,21,23-25,27-29,31H2,1-4H3,(H,53,58)(H,54,59,60)/t41?,42-/m1/s1. The van der Waals surface area contributed by atoms with Gasteiger partial charge in [-0.1, -0.05) is 48.5 Å². The van der Waals surface area contributed by atoms with Crippen LogP contribution < -0.4 is 24.8 Å². The molecular formula is C52H55N5O11S2. The Labute approximate surface area is 410 Å². The summed E-state index contributed by atoms with van der Waals surface area (Å²) in [5, 5.41) is 6.98. The molecule has 1 aromatic heterocycles. The van der Waals surface area contributed by atoms with E-state index in [0.29, 0.717) is 67.4 Å². The summed E-state index contributed by atoms with van der Waals surface area (Å²) < 4.78 is 42.5. The Bertz CT molecular complexity index is 2940. The molecule has 0 radical (unpaired) electrons. The number of hydrogen-bond acceptors (Lipinski definition) is 13. The van der Waals surface area contributed by atoms with Crippen LogP contribution in [0.15, 0.2) is 90.3 Å². The van der Waals surface area contributed by atoms with Crippen LogP contribution in [0.25, 0.3) is 0 Å². The van der Waals surface area contributed by atoms with Crippen molar-refractivity contribution in [3.63, 3.8) is 0 Å². The molecule has 4 aromatic carbocycles. The lowest BCUT2D eigenvalue weighted by atomic mass is 10.0. The Morgan fingerprint density at radius 2 is 1.61 bits per heavy atom. The number of fused-ring (bicyclic) bond motifs is 2. The van der Waals surface area contributed by atoms with Gasteiger partial charge in [0.05, 0.1) is 47.9 Å². The van der Waals surface area contributed by atoms with Crippen molar-refractivity contribution >= 4 is 62.3 Å². The van der Waals surface area contributed by atoms with Crippen LogP contribution in [0.4, 0.5) is 5.69 Å². The summed E-state index contributed by atoms with van der Waals surface area (Å²) in [4.78, 5) is 83.9. The van der Waals surface area contributed by atoms with E-state index in [9.17, 15) is 37.2 Å². The number of piperidine rings is 1. The third kappa shape index (κ3) is 11.2. The SMILES string of the molecule is CCOc1cc([C@@H](CS(C)(=O)=O)N2C(=O)c3cccc(NC(=O)CCCc4ccc(CCN(C)Cc5ccc(OCc6scc7c6CN(C6CCC(=O)NC6=O)C7=O)cc5)cc4)c3C2=O)ccc1OC. The Kier molecular flexibility index (Phi) is 15.1. The number of methoxy groups -OCH3 is 1. The number of rotatable bonds is 21. The van der Waals surface area contributed by atoms with Gasteiger partial charge in [-0.25, -0.2) is 8.42 Å². The molecule has 1 saturated heterocycles. The molecule has 3 aliphatic rings. The van der Waals surface area contributed by atoms with E-state index >= 15 is 0 Å². The highest BCUT2D eigenvalue weighted by Gasteiger charge is 2.44. The highest BCUT2D eigenvalue weighted by atomic mass is 32.2. The second kappa shape index (κ2) is 21.4. The smallest absolute Gasteiger partial charge is 0.264 e. The van der Waals surface area contributed by atoms with Gasteiger partial charge in [0.15, 0.2) is 11.5 Å². The van der Waals surface area contributed by atoms with Crippen molar-refractivity contribution < 1.29 is 51.4 Å². The molecule has 0 aliphatic carbocycles. The zero-order chi connectivity index (χ0) is 49.7. The third-order valence-corrected chi connectivity index (χ3v) is 14.6. The molecule has 16 nitrogen and oxygen atoms in total. The van der Waals surface area contributed by atoms with Gasteiger partial charge in [0, 0.05) is 54.6 Å². The van der Waals surface area contributed by atoms with Crippen molar-refractivity contribution in [2.75, 3.05) is 44.6 Å². The highest BCUT2D eigenvalue weighted by molar-refractivity contribution is 7.90. The van der Waals surface area contributed by atoms with Gasteiger partial charge in [0.25, 0.3) is 17.7 Å². The van der Waals surface area contributed by atoms with Crippen molar-refractivity contribution in [3.8, 4) is 17.2 Å². The second-order valence-electron chi connectivity index (χ2n) is 17.7. The van der Waals surface area contributed by atoms with Gasteiger partial charge in [-0.3, -0.25) is 39.0 Å². The molecule has 3 aliphatic heterocycles. The molecule has 70 heavy (non-hydrogen) atoms. The van der Waals surface area contributed by atoms with Crippen LogP contribution in [0.1, 0.15) is 102 Å². The molecule has 8 rings (SSSR count). The highest BCUT2D eigenvalue weighted by Crippen LogP contribution is 2.39. The second-order valence-corrected chi connectivity index (χ2v) is 20.9. The van der Waals surface area contributed by atoms with Crippen LogP contribution in [0.5, 0.6) is 17.2 Å². The average Bonchev–Trinajstić information content (AvgIpc) is 3.97. The molecule has 18 heteroatoms. The van der Waals surface area contributed by atoms with Crippen molar-refractivity contribution in [2.45, 2.75) is 77.2 Å². The Hall–Kier alpha value is -6.89. The molecule has 1 unspecified atom stereocenters. The Balaban J connectivity index is 0.780. The van der Waals surface area contributed by atoms with Crippen LogP contribution in [-0.4, -0.2) is 104 Å². The molecule has 0 bridgehead atoms. The lowest BCUT2D eigenvalue weighted by Gasteiger charge is -2.29. The number of hydrogen-bond donors (Lipinski definition) is 2. The van der Waals surface area contributed by atoms with Crippen LogP contribution in [-0.2, 0) is 56.8 Å². The number of likely N-dealkylation sites (N-methyl/N-ethyl adjacent to an activating group) is 1. The first-order chi connectivity index (χ1) is 33.6. The van der Waals surface area contributed by atoms with E-state index in [4.69, 9.17) is 14.2 Å². The molecule has 6 amide bonds. The van der Waals surface area contributed by atoms with Crippen molar-refractivity contribution in [2.24, 2.45) is 0 Å². The maximum atomic E-state index is 14.1. The Morgan fingerprint density at radius 1 is 0.886 bits per heavy atom. The van der Waals surface area contributed by atoms with Crippen molar-refractivity contribution in [3.05, 3.63) is 140 Å². The molecule has 2 N–H and O–H groups in total. The number of thiophene rings is 1. The monoisotopic (exact) mass is 989 g/mol. The van der Waals surface area contributed by atoms with Crippen molar-refractivity contribution in [1.29, 1.82) is 0 Å².